The van der Waals surface area contributed by atoms with Gasteiger partial charge in [-0.15, -0.1) is 0 Å². The van der Waals surface area contributed by atoms with Crippen molar-refractivity contribution in [2.24, 2.45) is 0 Å². The fourth-order valence-electron chi connectivity index (χ4n) is 3.15. The van der Waals surface area contributed by atoms with E-state index in [1.165, 1.54) is 28.8 Å². The Morgan fingerprint density at radius 3 is 2.54 bits per heavy atom. The second-order valence-electron chi connectivity index (χ2n) is 7.34. The average molecular weight is 491 g/mol. The van der Waals surface area contributed by atoms with Gasteiger partial charge in [-0.05, 0) is 48.9 Å². The molecule has 0 saturated heterocycles. The number of benzene rings is 2. The fourth-order valence-corrected chi connectivity index (χ4v) is 3.95. The summed E-state index contributed by atoms with van der Waals surface area (Å²) >= 11 is 1.01. The normalized spacial score (nSPS) is 10.7. The monoisotopic (exact) mass is 490 g/mol. The van der Waals surface area contributed by atoms with Crippen LogP contribution in [0.25, 0.3) is 16.7 Å². The molecular weight excluding hydrogens is 472 g/mol. The van der Waals surface area contributed by atoms with Crippen molar-refractivity contribution < 1.29 is 14.5 Å². The van der Waals surface area contributed by atoms with E-state index in [0.29, 0.717) is 16.7 Å². The minimum absolute atomic E-state index is 0.138. The molecule has 0 radical (unpaired) electrons. The molecule has 11 nitrogen and oxygen atoms in total. The lowest BCUT2D eigenvalue weighted by atomic mass is 10.2. The first-order chi connectivity index (χ1) is 16.8. The van der Waals surface area contributed by atoms with E-state index in [2.05, 4.69) is 20.8 Å². The molecule has 0 aliphatic heterocycles. The molecule has 0 aliphatic carbocycles. The van der Waals surface area contributed by atoms with Crippen LogP contribution in [0.1, 0.15) is 15.9 Å². The van der Waals surface area contributed by atoms with E-state index in [9.17, 15) is 24.5 Å². The molecule has 35 heavy (non-hydrogen) atoms. The van der Waals surface area contributed by atoms with Crippen molar-refractivity contribution >= 4 is 40.2 Å². The number of para-hydroxylation sites is 1. The van der Waals surface area contributed by atoms with Crippen LogP contribution >= 0.6 is 11.8 Å². The van der Waals surface area contributed by atoms with E-state index in [1.54, 1.807) is 42.6 Å². The number of thioether (sulfide) groups is 1. The molecule has 0 saturated carbocycles. The van der Waals surface area contributed by atoms with Crippen LogP contribution in [-0.4, -0.2) is 37.0 Å². The van der Waals surface area contributed by atoms with Crippen molar-refractivity contribution in [1.29, 1.82) is 0 Å². The molecule has 0 bridgehead atoms. The van der Waals surface area contributed by atoms with Gasteiger partial charge >= 0.3 is 0 Å². The van der Waals surface area contributed by atoms with Gasteiger partial charge < -0.3 is 0 Å². The third-order valence-corrected chi connectivity index (χ3v) is 5.80. The van der Waals surface area contributed by atoms with Gasteiger partial charge in [-0.1, -0.05) is 23.9 Å². The minimum atomic E-state index is -0.636. The van der Waals surface area contributed by atoms with E-state index in [-0.39, 0.29) is 27.7 Å². The number of pyridine rings is 1. The van der Waals surface area contributed by atoms with Gasteiger partial charge in [-0.3, -0.25) is 35.3 Å². The van der Waals surface area contributed by atoms with Crippen molar-refractivity contribution in [3.05, 3.63) is 98.5 Å². The number of amides is 2. The number of nitrogens with zero attached hydrogens (tertiary/aromatic N) is 4. The van der Waals surface area contributed by atoms with E-state index in [0.717, 1.165) is 17.3 Å². The zero-order chi connectivity index (χ0) is 24.9. The zero-order valence-corrected chi connectivity index (χ0v) is 19.1. The van der Waals surface area contributed by atoms with Crippen LogP contribution in [0.2, 0.25) is 0 Å². The number of aryl methyl sites for hydroxylation is 1. The number of fused-ring (bicyclic) bond motifs is 1. The number of non-ortho nitro benzene ring substituents is 1. The number of hydrogen-bond acceptors (Lipinski definition) is 8. The summed E-state index contributed by atoms with van der Waals surface area (Å²) in [6.45, 7) is 1.87. The molecule has 12 heteroatoms. The third-order valence-electron chi connectivity index (χ3n) is 4.86. The van der Waals surface area contributed by atoms with Gasteiger partial charge in [-0.2, -0.15) is 0 Å². The maximum Gasteiger partial charge on any atom is 0.269 e. The zero-order valence-electron chi connectivity index (χ0n) is 18.3. The van der Waals surface area contributed by atoms with E-state index in [1.807, 2.05) is 6.92 Å². The van der Waals surface area contributed by atoms with Gasteiger partial charge in [0.25, 0.3) is 17.2 Å². The summed E-state index contributed by atoms with van der Waals surface area (Å²) in [5.41, 5.74) is 5.59. The fraction of sp³-hybridized carbons (Fsp3) is 0.0870. The van der Waals surface area contributed by atoms with Crippen LogP contribution in [-0.2, 0) is 4.79 Å². The summed E-state index contributed by atoms with van der Waals surface area (Å²) in [6, 6.07) is 15.4. The van der Waals surface area contributed by atoms with Crippen molar-refractivity contribution in [1.82, 2.24) is 25.4 Å². The SMILES string of the molecule is Cc1ccnc(-n2c(SCC(=O)NNC(=O)c3ccc([N+](=O)[O-])cc3)nc3ccccc3c2=O)c1. The Balaban J connectivity index is 1.50. The number of rotatable bonds is 6. The molecule has 2 amide bonds. The van der Waals surface area contributed by atoms with Crippen LogP contribution in [0, 0.1) is 17.0 Å². The van der Waals surface area contributed by atoms with E-state index >= 15 is 0 Å². The van der Waals surface area contributed by atoms with Gasteiger partial charge in [-0.25, -0.2) is 14.5 Å². The first kappa shape index (κ1) is 23.6. The second-order valence-corrected chi connectivity index (χ2v) is 8.28. The lowest BCUT2D eigenvalue weighted by Gasteiger charge is -2.13. The predicted molar refractivity (Wildman–Crippen MR) is 129 cm³/mol. The Morgan fingerprint density at radius 1 is 1.09 bits per heavy atom. The van der Waals surface area contributed by atoms with Gasteiger partial charge in [0.05, 0.1) is 21.6 Å². The number of carbonyl (C=O) groups is 2. The molecule has 2 aromatic heterocycles. The van der Waals surface area contributed by atoms with Crippen LogP contribution in [0.3, 0.4) is 0 Å². The average Bonchev–Trinajstić information content (AvgIpc) is 2.86. The third kappa shape index (κ3) is 5.33. The molecule has 0 atom stereocenters. The highest BCUT2D eigenvalue weighted by Gasteiger charge is 2.16. The first-order valence-corrected chi connectivity index (χ1v) is 11.2. The van der Waals surface area contributed by atoms with Gasteiger partial charge in [0.1, 0.15) is 5.82 Å². The molecule has 176 valence electrons. The van der Waals surface area contributed by atoms with Gasteiger partial charge in [0, 0.05) is 23.9 Å². The summed E-state index contributed by atoms with van der Waals surface area (Å²) in [5.74, 6) is -0.959. The molecule has 0 aliphatic rings. The lowest BCUT2D eigenvalue weighted by molar-refractivity contribution is -0.384. The molecule has 2 heterocycles. The summed E-state index contributed by atoms with van der Waals surface area (Å²) in [5, 5.41) is 11.4. The molecule has 2 N–H and O–H groups in total. The van der Waals surface area contributed by atoms with Crippen LogP contribution in [0.15, 0.2) is 76.8 Å². The lowest BCUT2D eigenvalue weighted by Crippen LogP contribution is -2.42. The van der Waals surface area contributed by atoms with Crippen molar-refractivity contribution in [3.63, 3.8) is 0 Å². The van der Waals surface area contributed by atoms with E-state index in [4.69, 9.17) is 0 Å². The molecule has 0 fully saturated rings. The molecule has 0 unspecified atom stereocenters. The topological polar surface area (TPSA) is 149 Å². The van der Waals surface area contributed by atoms with Crippen LogP contribution < -0.4 is 16.4 Å². The molecular formula is C23H18N6O5S. The van der Waals surface area contributed by atoms with Crippen LogP contribution in [0.4, 0.5) is 5.69 Å². The number of nitro benzene ring substituents is 1. The van der Waals surface area contributed by atoms with Gasteiger partial charge in [0.2, 0.25) is 5.91 Å². The van der Waals surface area contributed by atoms with Gasteiger partial charge in [0.15, 0.2) is 5.16 Å². The number of nitro groups is 1. The number of carbonyl (C=O) groups excluding carboxylic acids is 2. The van der Waals surface area contributed by atoms with Crippen molar-refractivity contribution in [2.75, 3.05) is 5.75 Å². The largest absolute Gasteiger partial charge is 0.272 e. The first-order valence-electron chi connectivity index (χ1n) is 10.2. The molecule has 2 aromatic carbocycles. The standard InChI is InChI=1S/C23H18N6O5S/c1-14-10-11-24-19(12-14)28-22(32)17-4-2-3-5-18(17)25-23(28)35-13-20(30)26-27-21(31)15-6-8-16(9-7-15)29(33)34/h2-12H,13H2,1H3,(H,26,30)(H,27,31). The number of nitrogens with one attached hydrogen (secondary N) is 2. The molecule has 4 aromatic rings. The maximum absolute atomic E-state index is 13.2. The highest BCUT2D eigenvalue weighted by molar-refractivity contribution is 7.99. The van der Waals surface area contributed by atoms with E-state index < -0.39 is 16.7 Å². The highest BCUT2D eigenvalue weighted by atomic mass is 32.2. The molecule has 4 rings (SSSR count). The number of hydrazine groups is 1. The summed E-state index contributed by atoms with van der Waals surface area (Å²) in [4.78, 5) is 56.8. The Labute approximate surface area is 202 Å². The smallest absolute Gasteiger partial charge is 0.269 e. The molecule has 0 spiro atoms. The maximum atomic E-state index is 13.2. The Bertz CT molecular complexity index is 1500. The Morgan fingerprint density at radius 2 is 1.83 bits per heavy atom. The predicted octanol–water partition coefficient (Wildman–Crippen LogP) is 2.55. The quantitative estimate of drug-likeness (QED) is 0.181. The van der Waals surface area contributed by atoms with Crippen molar-refractivity contribution in [2.45, 2.75) is 12.1 Å². The number of aromatic nitrogens is 3. The Hall–Kier alpha value is -4.58. The highest BCUT2D eigenvalue weighted by Crippen LogP contribution is 2.20. The van der Waals surface area contributed by atoms with Crippen LogP contribution in [0.5, 0.6) is 0 Å². The van der Waals surface area contributed by atoms with Crippen molar-refractivity contribution in [3.8, 4) is 5.82 Å². The second kappa shape index (κ2) is 10.1. The number of hydrogen-bond donors (Lipinski definition) is 2. The summed E-state index contributed by atoms with van der Waals surface area (Å²) < 4.78 is 1.35. The minimum Gasteiger partial charge on any atom is -0.272 e. The Kier molecular flexibility index (Phi) is 6.83. The summed E-state index contributed by atoms with van der Waals surface area (Å²) in [7, 11) is 0. The summed E-state index contributed by atoms with van der Waals surface area (Å²) in [6.07, 6.45) is 1.58.